The predicted octanol–water partition coefficient (Wildman–Crippen LogP) is 5.09. The van der Waals surface area contributed by atoms with Gasteiger partial charge < -0.3 is 38.4 Å². The van der Waals surface area contributed by atoms with E-state index in [1.807, 2.05) is 0 Å². The Balaban J connectivity index is 1.44. The molecule has 228 valence electrons. The number of rotatable bonds is 17. The number of methoxy groups -OCH3 is 2. The van der Waals surface area contributed by atoms with Crippen LogP contribution < -0.4 is 9.64 Å². The Hall–Kier alpha value is -2.20. The number of benzene rings is 2. The van der Waals surface area contributed by atoms with Gasteiger partial charge >= 0.3 is 0 Å². The van der Waals surface area contributed by atoms with Gasteiger partial charge in [-0.3, -0.25) is 0 Å². The first kappa shape index (κ1) is 31.7. The topological polar surface area (TPSA) is 78.9 Å². The number of hydrogen-bond donors (Lipinski definition) is 1. The van der Waals surface area contributed by atoms with Gasteiger partial charge in [0.2, 0.25) is 0 Å². The van der Waals surface area contributed by atoms with Crippen LogP contribution in [0, 0.1) is 0 Å². The Labute approximate surface area is 245 Å². The lowest BCUT2D eigenvalue weighted by Gasteiger charge is -2.38. The standard InChI is InChI=1S/C33H49NO7/c1-25(35)22-40-31-7-4-8-32(33(31)28-12-9-26(10-13-28)23-38-19-6-18-37-3)41-24-27-11-14-30-29(21-27)34(16-20-39-30)15-5-17-36-2/h9-14,21,25,31-33,35H,4-8,15-20,22-24H2,1-3H3/t25-,31-,32+,33+/m1/s1. The van der Waals surface area contributed by atoms with Crippen molar-refractivity contribution in [3.63, 3.8) is 0 Å². The molecule has 1 fully saturated rings. The highest BCUT2D eigenvalue weighted by Crippen LogP contribution is 2.39. The SMILES string of the molecule is COCCCOCc1ccc([C@@H]2[C@@H](OCc3ccc4c(c3)N(CCCOC)CCO4)CCC[C@H]2OC[C@@H](C)O)cc1. The summed E-state index contributed by atoms with van der Waals surface area (Å²) in [5, 5.41) is 9.92. The number of nitrogens with zero attached hydrogens (tertiary/aromatic N) is 1. The Morgan fingerprint density at radius 2 is 1.63 bits per heavy atom. The third kappa shape index (κ3) is 9.66. The zero-order valence-electron chi connectivity index (χ0n) is 25.1. The molecule has 1 aliphatic heterocycles. The summed E-state index contributed by atoms with van der Waals surface area (Å²) >= 11 is 0. The van der Waals surface area contributed by atoms with Gasteiger partial charge in [0, 0.05) is 46.5 Å². The van der Waals surface area contributed by atoms with Crippen molar-refractivity contribution in [3.05, 3.63) is 59.2 Å². The number of ether oxygens (including phenoxy) is 6. The summed E-state index contributed by atoms with van der Waals surface area (Å²) in [6.45, 7) is 7.86. The van der Waals surface area contributed by atoms with E-state index >= 15 is 0 Å². The molecule has 0 amide bonds. The molecule has 0 spiro atoms. The van der Waals surface area contributed by atoms with E-state index in [-0.39, 0.29) is 18.1 Å². The molecule has 0 aromatic heterocycles. The van der Waals surface area contributed by atoms with E-state index < -0.39 is 6.10 Å². The van der Waals surface area contributed by atoms with E-state index in [0.717, 1.165) is 74.4 Å². The van der Waals surface area contributed by atoms with Crippen molar-refractivity contribution < 1.29 is 33.5 Å². The Kier molecular flexibility index (Phi) is 13.2. The van der Waals surface area contributed by atoms with Crippen LogP contribution in [0.15, 0.2) is 42.5 Å². The molecule has 0 bridgehead atoms. The first-order valence-corrected chi connectivity index (χ1v) is 15.2. The fourth-order valence-corrected chi connectivity index (χ4v) is 5.76. The molecule has 1 N–H and O–H groups in total. The molecule has 0 unspecified atom stereocenters. The quantitative estimate of drug-likeness (QED) is 0.263. The molecule has 8 heteroatoms. The molecule has 8 nitrogen and oxygen atoms in total. The van der Waals surface area contributed by atoms with Crippen LogP contribution in [0.3, 0.4) is 0 Å². The second-order valence-corrected chi connectivity index (χ2v) is 11.2. The van der Waals surface area contributed by atoms with Gasteiger partial charge in [-0.15, -0.1) is 0 Å². The van der Waals surface area contributed by atoms with E-state index in [1.165, 1.54) is 5.56 Å². The maximum absolute atomic E-state index is 9.92. The molecular weight excluding hydrogens is 522 g/mol. The van der Waals surface area contributed by atoms with Gasteiger partial charge in [-0.1, -0.05) is 30.3 Å². The molecule has 2 aromatic carbocycles. The minimum absolute atomic E-state index is 0.00676. The second-order valence-electron chi connectivity index (χ2n) is 11.2. The number of fused-ring (bicyclic) bond motifs is 1. The van der Waals surface area contributed by atoms with Crippen LogP contribution in [0.25, 0.3) is 0 Å². The van der Waals surface area contributed by atoms with E-state index in [1.54, 1.807) is 21.1 Å². The first-order chi connectivity index (χ1) is 20.1. The van der Waals surface area contributed by atoms with Crippen LogP contribution >= 0.6 is 0 Å². The number of anilines is 1. The van der Waals surface area contributed by atoms with Crippen molar-refractivity contribution in [2.45, 2.75) is 76.5 Å². The third-order valence-electron chi connectivity index (χ3n) is 7.82. The predicted molar refractivity (Wildman–Crippen MR) is 160 cm³/mol. The fourth-order valence-electron chi connectivity index (χ4n) is 5.76. The van der Waals surface area contributed by atoms with Crippen LogP contribution in [0.1, 0.15) is 61.6 Å². The van der Waals surface area contributed by atoms with E-state index in [2.05, 4.69) is 47.4 Å². The third-order valence-corrected chi connectivity index (χ3v) is 7.82. The van der Waals surface area contributed by atoms with Gasteiger partial charge in [-0.05, 0) is 67.9 Å². The normalized spacial score (nSPS) is 21.4. The molecule has 0 radical (unpaired) electrons. The van der Waals surface area contributed by atoms with Crippen molar-refractivity contribution in [1.82, 2.24) is 0 Å². The van der Waals surface area contributed by atoms with Gasteiger partial charge in [0.05, 0.1) is 50.4 Å². The molecule has 4 atom stereocenters. The molecule has 0 saturated heterocycles. The second kappa shape index (κ2) is 17.0. The van der Waals surface area contributed by atoms with Crippen LogP contribution in [-0.2, 0) is 36.9 Å². The summed E-state index contributed by atoms with van der Waals surface area (Å²) in [4.78, 5) is 2.38. The van der Waals surface area contributed by atoms with E-state index in [0.29, 0.717) is 39.6 Å². The summed E-state index contributed by atoms with van der Waals surface area (Å²) in [6, 6.07) is 15.1. The zero-order valence-corrected chi connectivity index (χ0v) is 25.1. The van der Waals surface area contributed by atoms with Crippen molar-refractivity contribution in [2.24, 2.45) is 0 Å². The summed E-state index contributed by atoms with van der Waals surface area (Å²) in [5.41, 5.74) is 4.62. The van der Waals surface area contributed by atoms with Crippen LogP contribution in [0.4, 0.5) is 5.69 Å². The monoisotopic (exact) mass is 571 g/mol. The van der Waals surface area contributed by atoms with Crippen molar-refractivity contribution in [3.8, 4) is 5.75 Å². The Morgan fingerprint density at radius 1 is 0.902 bits per heavy atom. The van der Waals surface area contributed by atoms with E-state index in [9.17, 15) is 5.11 Å². The van der Waals surface area contributed by atoms with Gasteiger partial charge in [-0.2, -0.15) is 0 Å². The molecule has 41 heavy (non-hydrogen) atoms. The van der Waals surface area contributed by atoms with E-state index in [4.69, 9.17) is 28.4 Å². The molecule has 1 aliphatic carbocycles. The molecule has 4 rings (SSSR count). The van der Waals surface area contributed by atoms with Gasteiger partial charge in [0.15, 0.2) is 0 Å². The molecule has 1 saturated carbocycles. The number of aliphatic hydroxyl groups is 1. The minimum atomic E-state index is -0.501. The smallest absolute Gasteiger partial charge is 0.142 e. The summed E-state index contributed by atoms with van der Waals surface area (Å²) in [6.07, 6.45) is 4.34. The zero-order chi connectivity index (χ0) is 28.9. The lowest BCUT2D eigenvalue weighted by Crippen LogP contribution is -2.38. The number of hydrogen-bond acceptors (Lipinski definition) is 8. The highest BCUT2D eigenvalue weighted by Gasteiger charge is 2.36. The largest absolute Gasteiger partial charge is 0.490 e. The molecule has 1 heterocycles. The van der Waals surface area contributed by atoms with Crippen molar-refractivity contribution in [1.29, 1.82) is 0 Å². The summed E-state index contributed by atoms with van der Waals surface area (Å²) in [5.74, 6) is 1.02. The average Bonchev–Trinajstić information content (AvgIpc) is 2.99. The van der Waals surface area contributed by atoms with Gasteiger partial charge in [-0.25, -0.2) is 0 Å². The molecule has 2 aromatic rings. The highest BCUT2D eigenvalue weighted by atomic mass is 16.5. The summed E-state index contributed by atoms with van der Waals surface area (Å²) in [7, 11) is 3.45. The van der Waals surface area contributed by atoms with Gasteiger partial charge in [0.1, 0.15) is 12.4 Å². The van der Waals surface area contributed by atoms with Crippen molar-refractivity contribution >= 4 is 5.69 Å². The average molecular weight is 572 g/mol. The summed E-state index contributed by atoms with van der Waals surface area (Å²) < 4.78 is 35.0. The molecular formula is C33H49NO7. The maximum Gasteiger partial charge on any atom is 0.142 e. The molecule has 2 aliphatic rings. The van der Waals surface area contributed by atoms with Crippen molar-refractivity contribution in [2.75, 3.05) is 65.2 Å². The van der Waals surface area contributed by atoms with Crippen LogP contribution in [0.2, 0.25) is 0 Å². The number of aliphatic hydroxyl groups excluding tert-OH is 1. The van der Waals surface area contributed by atoms with Crippen LogP contribution in [0.5, 0.6) is 5.75 Å². The lowest BCUT2D eigenvalue weighted by molar-refractivity contribution is -0.0835. The Morgan fingerprint density at radius 3 is 2.39 bits per heavy atom. The lowest BCUT2D eigenvalue weighted by atomic mass is 9.79. The minimum Gasteiger partial charge on any atom is -0.490 e. The maximum atomic E-state index is 9.92. The Bertz CT molecular complexity index is 1020. The van der Waals surface area contributed by atoms with Crippen LogP contribution in [-0.4, -0.2) is 83.8 Å². The first-order valence-electron chi connectivity index (χ1n) is 15.2. The van der Waals surface area contributed by atoms with Gasteiger partial charge in [0.25, 0.3) is 0 Å². The highest BCUT2D eigenvalue weighted by molar-refractivity contribution is 5.61. The fraction of sp³-hybridized carbons (Fsp3) is 0.636.